The highest BCUT2D eigenvalue weighted by atomic mass is 35.5. The average Bonchev–Trinajstić information content (AvgIpc) is 2.18. The lowest BCUT2D eigenvalue weighted by molar-refractivity contribution is -0.134. The molecule has 1 heterocycles. The second kappa shape index (κ2) is 7.04. The number of morpholine rings is 1. The fourth-order valence-corrected chi connectivity index (χ4v) is 1.38. The molecule has 5 heteroatoms. The molecule has 0 radical (unpaired) electrons. The zero-order chi connectivity index (χ0) is 10.6. The number of nitrogens with zero attached hydrogens (tertiary/aromatic N) is 1. The van der Waals surface area contributed by atoms with Gasteiger partial charge in [-0.25, -0.2) is 0 Å². The van der Waals surface area contributed by atoms with Crippen LogP contribution in [0.2, 0.25) is 0 Å². The van der Waals surface area contributed by atoms with Gasteiger partial charge in [0.15, 0.2) is 0 Å². The maximum absolute atomic E-state index is 11.7. The molecule has 90 valence electrons. The van der Waals surface area contributed by atoms with Crippen molar-refractivity contribution in [2.45, 2.75) is 32.4 Å². The first-order valence-electron chi connectivity index (χ1n) is 5.19. The second-order valence-electron chi connectivity index (χ2n) is 4.00. The Morgan fingerprint density at radius 3 is 2.73 bits per heavy atom. The minimum absolute atomic E-state index is 0. The van der Waals surface area contributed by atoms with E-state index in [4.69, 9.17) is 4.74 Å². The van der Waals surface area contributed by atoms with E-state index in [2.05, 4.69) is 5.32 Å². The molecule has 0 saturated carbocycles. The Kier molecular flexibility index (Phi) is 6.89. The summed E-state index contributed by atoms with van der Waals surface area (Å²) in [4.78, 5) is 13.4. The van der Waals surface area contributed by atoms with Crippen LogP contribution >= 0.6 is 12.4 Å². The van der Waals surface area contributed by atoms with Gasteiger partial charge < -0.3 is 15.0 Å². The molecule has 1 aliphatic heterocycles. The zero-order valence-corrected chi connectivity index (χ0v) is 10.5. The van der Waals surface area contributed by atoms with E-state index < -0.39 is 0 Å². The van der Waals surface area contributed by atoms with Gasteiger partial charge in [-0.3, -0.25) is 4.79 Å². The SMILES string of the molecule is CC(C)N(C)C(=O)CC1CNCCO1.Cl. The molecule has 1 rings (SSSR count). The molecule has 15 heavy (non-hydrogen) atoms. The predicted octanol–water partition coefficient (Wildman–Crippen LogP) is 0.654. The van der Waals surface area contributed by atoms with E-state index in [-0.39, 0.29) is 30.5 Å². The number of ether oxygens (including phenoxy) is 1. The van der Waals surface area contributed by atoms with Crippen LogP contribution in [0.3, 0.4) is 0 Å². The quantitative estimate of drug-likeness (QED) is 0.783. The van der Waals surface area contributed by atoms with E-state index >= 15 is 0 Å². The summed E-state index contributed by atoms with van der Waals surface area (Å²) in [6.45, 7) is 6.42. The number of rotatable bonds is 3. The molecule has 1 N–H and O–H groups in total. The fraction of sp³-hybridized carbons (Fsp3) is 0.900. The van der Waals surface area contributed by atoms with Crippen LogP contribution in [0.15, 0.2) is 0 Å². The molecule has 1 aliphatic rings. The van der Waals surface area contributed by atoms with Crippen LogP contribution in [0.1, 0.15) is 20.3 Å². The molecular formula is C10H21ClN2O2. The van der Waals surface area contributed by atoms with Gasteiger partial charge in [-0.05, 0) is 13.8 Å². The van der Waals surface area contributed by atoms with E-state index in [1.54, 1.807) is 4.90 Å². The van der Waals surface area contributed by atoms with Gasteiger partial charge in [0.2, 0.25) is 5.91 Å². The number of amides is 1. The zero-order valence-electron chi connectivity index (χ0n) is 9.66. The van der Waals surface area contributed by atoms with Gasteiger partial charge >= 0.3 is 0 Å². The van der Waals surface area contributed by atoms with Crippen molar-refractivity contribution in [3.05, 3.63) is 0 Å². The summed E-state index contributed by atoms with van der Waals surface area (Å²) >= 11 is 0. The topological polar surface area (TPSA) is 41.6 Å². The molecular weight excluding hydrogens is 216 g/mol. The third-order valence-corrected chi connectivity index (χ3v) is 2.57. The number of carbonyl (C=O) groups excluding carboxylic acids is 1. The van der Waals surface area contributed by atoms with Gasteiger partial charge in [-0.15, -0.1) is 12.4 Å². The lowest BCUT2D eigenvalue weighted by Crippen LogP contribution is -2.43. The Balaban J connectivity index is 0.00000196. The normalized spacial score (nSPS) is 20.9. The van der Waals surface area contributed by atoms with Crippen LogP contribution in [-0.2, 0) is 9.53 Å². The fourth-order valence-electron chi connectivity index (χ4n) is 1.38. The Morgan fingerprint density at radius 1 is 1.60 bits per heavy atom. The highest BCUT2D eigenvalue weighted by Gasteiger charge is 2.20. The smallest absolute Gasteiger partial charge is 0.225 e. The van der Waals surface area contributed by atoms with Crippen molar-refractivity contribution in [2.24, 2.45) is 0 Å². The van der Waals surface area contributed by atoms with Gasteiger partial charge in [0.05, 0.1) is 19.1 Å². The standard InChI is InChI=1S/C10H20N2O2.ClH/c1-8(2)12(3)10(13)6-9-7-11-4-5-14-9;/h8-9,11H,4-7H2,1-3H3;1H. The van der Waals surface area contributed by atoms with E-state index in [1.165, 1.54) is 0 Å². The molecule has 0 bridgehead atoms. The van der Waals surface area contributed by atoms with Crippen molar-refractivity contribution in [3.63, 3.8) is 0 Å². The molecule has 0 spiro atoms. The van der Waals surface area contributed by atoms with Gasteiger partial charge in [0.25, 0.3) is 0 Å². The molecule has 1 unspecified atom stereocenters. The summed E-state index contributed by atoms with van der Waals surface area (Å²) in [7, 11) is 1.84. The number of halogens is 1. The van der Waals surface area contributed by atoms with Crippen LogP contribution < -0.4 is 5.32 Å². The molecule has 1 fully saturated rings. The molecule has 1 amide bonds. The molecule has 1 saturated heterocycles. The summed E-state index contributed by atoms with van der Waals surface area (Å²) in [6, 6.07) is 0.263. The molecule has 0 aliphatic carbocycles. The van der Waals surface area contributed by atoms with Gasteiger partial charge in [0, 0.05) is 26.2 Å². The lowest BCUT2D eigenvalue weighted by atomic mass is 10.2. The first-order valence-corrected chi connectivity index (χ1v) is 5.19. The largest absolute Gasteiger partial charge is 0.375 e. The molecule has 1 atom stereocenters. The minimum Gasteiger partial charge on any atom is -0.375 e. The maximum atomic E-state index is 11.7. The third-order valence-electron chi connectivity index (χ3n) is 2.57. The first kappa shape index (κ1) is 14.7. The number of nitrogens with one attached hydrogen (secondary N) is 1. The van der Waals surface area contributed by atoms with Gasteiger partial charge in [0.1, 0.15) is 0 Å². The van der Waals surface area contributed by atoms with Crippen LogP contribution in [0.25, 0.3) is 0 Å². The number of hydrogen-bond acceptors (Lipinski definition) is 3. The van der Waals surface area contributed by atoms with Crippen molar-refractivity contribution in [1.29, 1.82) is 0 Å². The summed E-state index contributed by atoms with van der Waals surface area (Å²) < 4.78 is 5.47. The van der Waals surface area contributed by atoms with E-state index in [0.717, 1.165) is 13.1 Å². The molecule has 0 aromatic heterocycles. The molecule has 0 aromatic rings. The average molecular weight is 237 g/mol. The summed E-state index contributed by atoms with van der Waals surface area (Å²) in [5.41, 5.74) is 0. The van der Waals surface area contributed by atoms with Crippen molar-refractivity contribution in [2.75, 3.05) is 26.7 Å². The second-order valence-corrected chi connectivity index (χ2v) is 4.00. The minimum atomic E-state index is 0. The summed E-state index contributed by atoms with van der Waals surface area (Å²) in [6.07, 6.45) is 0.541. The van der Waals surface area contributed by atoms with Crippen LogP contribution in [0.4, 0.5) is 0 Å². The van der Waals surface area contributed by atoms with Gasteiger partial charge in [-0.2, -0.15) is 0 Å². The Labute approximate surface area is 97.8 Å². The number of carbonyl (C=O) groups is 1. The number of hydrogen-bond donors (Lipinski definition) is 1. The predicted molar refractivity (Wildman–Crippen MR) is 62.4 cm³/mol. The van der Waals surface area contributed by atoms with Crippen LogP contribution in [-0.4, -0.2) is 49.7 Å². The summed E-state index contributed by atoms with van der Waals surface area (Å²) in [5.74, 6) is 0.161. The monoisotopic (exact) mass is 236 g/mol. The molecule has 4 nitrogen and oxygen atoms in total. The first-order chi connectivity index (χ1) is 6.61. The Morgan fingerprint density at radius 2 is 2.27 bits per heavy atom. The summed E-state index contributed by atoms with van der Waals surface area (Å²) in [5, 5.41) is 3.21. The van der Waals surface area contributed by atoms with E-state index in [0.29, 0.717) is 13.0 Å². The maximum Gasteiger partial charge on any atom is 0.225 e. The highest BCUT2D eigenvalue weighted by Crippen LogP contribution is 2.05. The van der Waals surface area contributed by atoms with Crippen molar-refractivity contribution in [3.8, 4) is 0 Å². The van der Waals surface area contributed by atoms with Crippen LogP contribution in [0, 0.1) is 0 Å². The Hall–Kier alpha value is -0.320. The third kappa shape index (κ3) is 4.82. The van der Waals surface area contributed by atoms with Crippen molar-refractivity contribution >= 4 is 18.3 Å². The Bertz CT molecular complexity index is 194. The lowest BCUT2D eigenvalue weighted by Gasteiger charge is -2.27. The van der Waals surface area contributed by atoms with Crippen molar-refractivity contribution in [1.82, 2.24) is 10.2 Å². The molecule has 0 aromatic carbocycles. The van der Waals surface area contributed by atoms with E-state index in [1.807, 2.05) is 20.9 Å². The van der Waals surface area contributed by atoms with Crippen molar-refractivity contribution < 1.29 is 9.53 Å². The highest BCUT2D eigenvalue weighted by molar-refractivity contribution is 5.85. The van der Waals surface area contributed by atoms with E-state index in [9.17, 15) is 4.79 Å². The van der Waals surface area contributed by atoms with Crippen LogP contribution in [0.5, 0.6) is 0 Å². The van der Waals surface area contributed by atoms with Gasteiger partial charge in [-0.1, -0.05) is 0 Å².